The Morgan fingerprint density at radius 1 is 1.50 bits per heavy atom. The first-order valence-corrected chi connectivity index (χ1v) is 4.94. The van der Waals surface area contributed by atoms with Crippen LogP contribution in [0.15, 0.2) is 18.7 Å². The number of carbonyl (C=O) groups is 1. The first kappa shape index (κ1) is 10.8. The van der Waals surface area contributed by atoms with E-state index in [0.717, 1.165) is 19.3 Å². The predicted octanol–water partition coefficient (Wildman–Crippen LogP) is 1.62. The second kappa shape index (κ2) is 6.18. The highest BCUT2D eigenvalue weighted by molar-refractivity contribution is 5.69. The molecule has 1 rings (SSSR count). The molecule has 0 spiro atoms. The standard InChI is InChI=1S/C10H16N2O2/c1-2-3-4-7-14-10(13)8-12-6-5-11-9-12/h5-6,9H,2-4,7-8H2,1H3. The molecule has 0 aliphatic rings. The van der Waals surface area contributed by atoms with E-state index in [0.29, 0.717) is 6.61 Å². The fraction of sp³-hybridized carbons (Fsp3) is 0.600. The Labute approximate surface area is 83.9 Å². The average molecular weight is 196 g/mol. The number of ether oxygens (including phenoxy) is 1. The highest BCUT2D eigenvalue weighted by Gasteiger charge is 2.02. The molecule has 1 heterocycles. The number of hydrogen-bond acceptors (Lipinski definition) is 3. The lowest BCUT2D eigenvalue weighted by atomic mass is 10.3. The molecule has 14 heavy (non-hydrogen) atoms. The average Bonchev–Trinajstić information content (AvgIpc) is 2.65. The molecule has 0 amide bonds. The monoisotopic (exact) mass is 196 g/mol. The molecule has 0 aromatic carbocycles. The lowest BCUT2D eigenvalue weighted by Crippen LogP contribution is -2.13. The van der Waals surface area contributed by atoms with Gasteiger partial charge in [-0.25, -0.2) is 4.98 Å². The number of unbranched alkanes of at least 4 members (excludes halogenated alkanes) is 2. The van der Waals surface area contributed by atoms with Gasteiger partial charge in [0.05, 0.1) is 12.9 Å². The summed E-state index contributed by atoms with van der Waals surface area (Å²) in [6.07, 6.45) is 8.19. The number of rotatable bonds is 6. The van der Waals surface area contributed by atoms with Gasteiger partial charge in [-0.1, -0.05) is 19.8 Å². The van der Waals surface area contributed by atoms with E-state index in [1.807, 2.05) is 0 Å². The van der Waals surface area contributed by atoms with Crippen molar-refractivity contribution in [2.24, 2.45) is 0 Å². The van der Waals surface area contributed by atoms with Crippen molar-refractivity contribution in [2.75, 3.05) is 6.61 Å². The molecule has 0 aliphatic carbocycles. The first-order valence-electron chi connectivity index (χ1n) is 4.94. The number of nitrogens with zero attached hydrogens (tertiary/aromatic N) is 2. The highest BCUT2D eigenvalue weighted by atomic mass is 16.5. The van der Waals surface area contributed by atoms with Gasteiger partial charge in [0, 0.05) is 12.4 Å². The zero-order chi connectivity index (χ0) is 10.2. The van der Waals surface area contributed by atoms with Gasteiger partial charge >= 0.3 is 5.97 Å². The van der Waals surface area contributed by atoms with Gasteiger partial charge in [0.25, 0.3) is 0 Å². The largest absolute Gasteiger partial charge is 0.464 e. The lowest BCUT2D eigenvalue weighted by molar-refractivity contribution is -0.144. The van der Waals surface area contributed by atoms with Crippen LogP contribution in [0.1, 0.15) is 26.2 Å². The second-order valence-corrected chi connectivity index (χ2v) is 3.16. The molecule has 0 saturated carbocycles. The molecule has 0 saturated heterocycles. The zero-order valence-electron chi connectivity index (χ0n) is 8.48. The fourth-order valence-corrected chi connectivity index (χ4v) is 1.11. The van der Waals surface area contributed by atoms with Crippen LogP contribution in [-0.4, -0.2) is 22.1 Å². The van der Waals surface area contributed by atoms with Gasteiger partial charge < -0.3 is 9.30 Å². The van der Waals surface area contributed by atoms with Crippen LogP contribution < -0.4 is 0 Å². The second-order valence-electron chi connectivity index (χ2n) is 3.16. The molecule has 4 nitrogen and oxygen atoms in total. The van der Waals surface area contributed by atoms with E-state index in [1.165, 1.54) is 0 Å². The summed E-state index contributed by atoms with van der Waals surface area (Å²) >= 11 is 0. The van der Waals surface area contributed by atoms with Crippen molar-refractivity contribution < 1.29 is 9.53 Å². The van der Waals surface area contributed by atoms with Crippen molar-refractivity contribution in [2.45, 2.75) is 32.7 Å². The minimum Gasteiger partial charge on any atom is -0.464 e. The molecule has 78 valence electrons. The summed E-state index contributed by atoms with van der Waals surface area (Å²) in [6.45, 7) is 2.90. The predicted molar refractivity (Wildman–Crippen MR) is 52.7 cm³/mol. The third-order valence-electron chi connectivity index (χ3n) is 1.88. The van der Waals surface area contributed by atoms with E-state index >= 15 is 0 Å². The van der Waals surface area contributed by atoms with Crippen LogP contribution >= 0.6 is 0 Å². The van der Waals surface area contributed by atoms with Crippen molar-refractivity contribution in [3.05, 3.63) is 18.7 Å². The number of hydrogen-bond donors (Lipinski definition) is 0. The summed E-state index contributed by atoms with van der Waals surface area (Å²) < 4.78 is 6.73. The van der Waals surface area contributed by atoms with Crippen LogP contribution in [0.2, 0.25) is 0 Å². The van der Waals surface area contributed by atoms with E-state index in [1.54, 1.807) is 23.3 Å². The van der Waals surface area contributed by atoms with Crippen LogP contribution in [0.4, 0.5) is 0 Å². The number of aromatic nitrogens is 2. The third kappa shape index (κ3) is 4.07. The van der Waals surface area contributed by atoms with Crippen LogP contribution in [-0.2, 0) is 16.1 Å². The molecule has 0 atom stereocenters. The van der Waals surface area contributed by atoms with Crippen molar-refractivity contribution >= 4 is 5.97 Å². The van der Waals surface area contributed by atoms with Crippen molar-refractivity contribution in [1.82, 2.24) is 9.55 Å². The van der Waals surface area contributed by atoms with E-state index in [9.17, 15) is 4.79 Å². The van der Waals surface area contributed by atoms with Gasteiger partial charge in [0.2, 0.25) is 0 Å². The van der Waals surface area contributed by atoms with Gasteiger partial charge in [-0.05, 0) is 6.42 Å². The Hall–Kier alpha value is -1.32. The normalized spacial score (nSPS) is 10.1. The molecule has 1 aromatic rings. The smallest absolute Gasteiger partial charge is 0.325 e. The summed E-state index contributed by atoms with van der Waals surface area (Å²) in [5.74, 6) is -0.195. The number of carbonyl (C=O) groups excluding carboxylic acids is 1. The van der Waals surface area contributed by atoms with Gasteiger partial charge in [-0.15, -0.1) is 0 Å². The third-order valence-corrected chi connectivity index (χ3v) is 1.88. The van der Waals surface area contributed by atoms with E-state index in [4.69, 9.17) is 4.74 Å². The molecule has 0 aliphatic heterocycles. The molecule has 0 radical (unpaired) electrons. The minimum atomic E-state index is -0.195. The summed E-state index contributed by atoms with van der Waals surface area (Å²) in [7, 11) is 0. The SMILES string of the molecule is CCCCCOC(=O)Cn1ccnc1. The van der Waals surface area contributed by atoms with E-state index in [2.05, 4.69) is 11.9 Å². The maximum absolute atomic E-state index is 11.2. The van der Waals surface area contributed by atoms with Crippen LogP contribution in [0, 0.1) is 0 Å². The molecule has 0 bridgehead atoms. The summed E-state index contributed by atoms with van der Waals surface area (Å²) in [4.78, 5) is 15.0. The Bertz CT molecular complexity index is 257. The molecule has 0 N–H and O–H groups in total. The summed E-state index contributed by atoms with van der Waals surface area (Å²) in [5, 5.41) is 0. The minimum absolute atomic E-state index is 0.195. The Kier molecular flexibility index (Phi) is 4.75. The Balaban J connectivity index is 2.11. The number of imidazole rings is 1. The van der Waals surface area contributed by atoms with Gasteiger partial charge in [0.1, 0.15) is 6.54 Å². The van der Waals surface area contributed by atoms with E-state index in [-0.39, 0.29) is 12.5 Å². The van der Waals surface area contributed by atoms with Gasteiger partial charge in [-0.3, -0.25) is 4.79 Å². The maximum atomic E-state index is 11.2. The lowest BCUT2D eigenvalue weighted by Gasteiger charge is -2.04. The number of esters is 1. The van der Waals surface area contributed by atoms with Gasteiger partial charge in [-0.2, -0.15) is 0 Å². The molecule has 4 heteroatoms. The van der Waals surface area contributed by atoms with Crippen molar-refractivity contribution in [3.63, 3.8) is 0 Å². The van der Waals surface area contributed by atoms with Crippen LogP contribution in [0.5, 0.6) is 0 Å². The van der Waals surface area contributed by atoms with Crippen LogP contribution in [0.3, 0.4) is 0 Å². The van der Waals surface area contributed by atoms with Gasteiger partial charge in [0.15, 0.2) is 0 Å². The zero-order valence-corrected chi connectivity index (χ0v) is 8.48. The molecule has 0 fully saturated rings. The van der Waals surface area contributed by atoms with Crippen LogP contribution in [0.25, 0.3) is 0 Å². The van der Waals surface area contributed by atoms with Crippen molar-refractivity contribution in [3.8, 4) is 0 Å². The quantitative estimate of drug-likeness (QED) is 0.513. The molecule has 0 unspecified atom stereocenters. The van der Waals surface area contributed by atoms with Crippen molar-refractivity contribution in [1.29, 1.82) is 0 Å². The molecule has 1 aromatic heterocycles. The summed E-state index contributed by atoms with van der Waals surface area (Å²) in [5.41, 5.74) is 0. The first-order chi connectivity index (χ1) is 6.83. The highest BCUT2D eigenvalue weighted by Crippen LogP contribution is 1.95. The molecular formula is C10H16N2O2. The fourth-order valence-electron chi connectivity index (χ4n) is 1.11. The Morgan fingerprint density at radius 2 is 2.36 bits per heavy atom. The topological polar surface area (TPSA) is 44.1 Å². The van der Waals surface area contributed by atoms with E-state index < -0.39 is 0 Å². The summed E-state index contributed by atoms with van der Waals surface area (Å²) in [6, 6.07) is 0. The maximum Gasteiger partial charge on any atom is 0.325 e. The molecular weight excluding hydrogens is 180 g/mol. The Morgan fingerprint density at radius 3 is 3.00 bits per heavy atom.